The highest BCUT2D eigenvalue weighted by atomic mass is 16.6. The molecule has 0 spiro atoms. The largest absolute Gasteiger partial charge is 0.463 e. The third-order valence-electron chi connectivity index (χ3n) is 2.48. The Morgan fingerprint density at radius 1 is 1.25 bits per heavy atom. The minimum Gasteiger partial charge on any atom is -0.463 e. The van der Waals surface area contributed by atoms with Crippen molar-refractivity contribution >= 4 is 11.9 Å². The van der Waals surface area contributed by atoms with E-state index in [9.17, 15) is 19.7 Å². The number of rotatable bonds is 9. The highest BCUT2D eigenvalue weighted by molar-refractivity contribution is 5.83. The molecule has 7 nitrogen and oxygen atoms in total. The second-order valence-corrected chi connectivity index (χ2v) is 3.86. The SMILES string of the molecule is C=CCC(C/C=C/C(=O)OCC)(C(=O)OCC)[N+](=O)[O-]. The van der Waals surface area contributed by atoms with E-state index < -0.39 is 22.4 Å². The summed E-state index contributed by atoms with van der Waals surface area (Å²) < 4.78 is 9.40. The fourth-order valence-corrected chi connectivity index (χ4v) is 1.52. The Kier molecular flexibility index (Phi) is 7.88. The van der Waals surface area contributed by atoms with Crippen molar-refractivity contribution in [1.82, 2.24) is 0 Å². The number of hydrogen-bond donors (Lipinski definition) is 0. The van der Waals surface area contributed by atoms with E-state index in [1.54, 1.807) is 13.8 Å². The van der Waals surface area contributed by atoms with E-state index in [-0.39, 0.29) is 26.1 Å². The van der Waals surface area contributed by atoms with Gasteiger partial charge in [0, 0.05) is 23.8 Å². The molecule has 0 bridgehead atoms. The fraction of sp³-hybridized carbons (Fsp3) is 0.538. The summed E-state index contributed by atoms with van der Waals surface area (Å²) in [5.41, 5.74) is -1.96. The van der Waals surface area contributed by atoms with Gasteiger partial charge in [0.1, 0.15) is 0 Å². The lowest BCUT2D eigenvalue weighted by molar-refractivity contribution is -0.554. The van der Waals surface area contributed by atoms with Crippen molar-refractivity contribution < 1.29 is 24.0 Å². The summed E-state index contributed by atoms with van der Waals surface area (Å²) in [7, 11) is 0. The first-order valence-corrected chi connectivity index (χ1v) is 6.20. The van der Waals surface area contributed by atoms with Gasteiger partial charge >= 0.3 is 17.5 Å². The van der Waals surface area contributed by atoms with E-state index in [1.807, 2.05) is 0 Å². The molecule has 0 radical (unpaired) electrons. The third kappa shape index (κ3) is 4.83. The molecule has 7 heteroatoms. The van der Waals surface area contributed by atoms with Gasteiger partial charge in [-0.1, -0.05) is 12.2 Å². The molecule has 20 heavy (non-hydrogen) atoms. The molecule has 1 unspecified atom stereocenters. The van der Waals surface area contributed by atoms with Crippen LogP contribution >= 0.6 is 0 Å². The van der Waals surface area contributed by atoms with Gasteiger partial charge in [0.25, 0.3) is 0 Å². The van der Waals surface area contributed by atoms with Crippen LogP contribution in [0.4, 0.5) is 0 Å². The molecule has 0 aliphatic heterocycles. The average Bonchev–Trinajstić information content (AvgIpc) is 2.37. The molecule has 0 fully saturated rings. The minimum absolute atomic E-state index is 0.0349. The Hall–Kier alpha value is -2.18. The van der Waals surface area contributed by atoms with Gasteiger partial charge in [0.05, 0.1) is 13.2 Å². The van der Waals surface area contributed by atoms with Gasteiger partial charge < -0.3 is 9.47 Å². The molecule has 0 N–H and O–H groups in total. The van der Waals surface area contributed by atoms with Gasteiger partial charge in [0.15, 0.2) is 0 Å². The molecule has 112 valence electrons. The molecule has 0 heterocycles. The first kappa shape index (κ1) is 17.8. The predicted octanol–water partition coefficient (Wildman–Crippen LogP) is 1.65. The Morgan fingerprint density at radius 3 is 2.30 bits per heavy atom. The number of esters is 2. The Balaban J connectivity index is 5.11. The van der Waals surface area contributed by atoms with Crippen molar-refractivity contribution in [2.45, 2.75) is 32.2 Å². The van der Waals surface area contributed by atoms with Gasteiger partial charge in [-0.3, -0.25) is 10.1 Å². The maximum absolute atomic E-state index is 11.8. The van der Waals surface area contributed by atoms with Crippen LogP contribution in [-0.4, -0.2) is 35.6 Å². The van der Waals surface area contributed by atoms with Crippen LogP contribution in [0.1, 0.15) is 26.7 Å². The molecule has 0 aliphatic rings. The summed E-state index contributed by atoms with van der Waals surface area (Å²) >= 11 is 0. The second kappa shape index (κ2) is 8.84. The van der Waals surface area contributed by atoms with Crippen molar-refractivity contribution in [3.8, 4) is 0 Å². The van der Waals surface area contributed by atoms with Gasteiger partial charge in [-0.2, -0.15) is 0 Å². The maximum Gasteiger partial charge on any atom is 0.385 e. The Labute approximate surface area is 117 Å². The lowest BCUT2D eigenvalue weighted by Gasteiger charge is -2.20. The molecular formula is C13H19NO6. The first-order chi connectivity index (χ1) is 9.44. The summed E-state index contributed by atoms with van der Waals surface area (Å²) in [6.45, 7) is 6.86. The lowest BCUT2D eigenvalue weighted by atomic mass is 9.91. The molecule has 0 rings (SSSR count). The molecule has 0 aromatic carbocycles. The standard InChI is InChI=1S/C13H19NO6/c1-4-9-13(14(17)18,12(16)20-6-3)10-7-8-11(15)19-5-2/h4,7-8H,1,5-6,9-10H2,2-3H3/b8-7+. The van der Waals surface area contributed by atoms with E-state index in [0.29, 0.717) is 0 Å². The third-order valence-corrected chi connectivity index (χ3v) is 2.48. The van der Waals surface area contributed by atoms with Crippen molar-refractivity contribution in [2.75, 3.05) is 13.2 Å². The van der Waals surface area contributed by atoms with Gasteiger partial charge in [-0.25, -0.2) is 9.59 Å². The monoisotopic (exact) mass is 285 g/mol. The van der Waals surface area contributed by atoms with Crippen molar-refractivity contribution in [3.05, 3.63) is 34.9 Å². The lowest BCUT2D eigenvalue weighted by Crippen LogP contribution is -2.47. The van der Waals surface area contributed by atoms with Crippen LogP contribution < -0.4 is 0 Å². The zero-order valence-electron chi connectivity index (χ0n) is 11.7. The fourth-order valence-electron chi connectivity index (χ4n) is 1.52. The molecular weight excluding hydrogens is 266 g/mol. The summed E-state index contributed by atoms with van der Waals surface area (Å²) in [4.78, 5) is 33.5. The average molecular weight is 285 g/mol. The van der Waals surface area contributed by atoms with E-state index in [2.05, 4.69) is 11.3 Å². The first-order valence-electron chi connectivity index (χ1n) is 6.20. The van der Waals surface area contributed by atoms with E-state index in [1.165, 1.54) is 12.2 Å². The number of ether oxygens (including phenoxy) is 2. The molecule has 0 saturated heterocycles. The van der Waals surface area contributed by atoms with E-state index in [4.69, 9.17) is 4.74 Å². The van der Waals surface area contributed by atoms with Gasteiger partial charge in [0.2, 0.25) is 0 Å². The molecule has 0 aromatic rings. The summed E-state index contributed by atoms with van der Waals surface area (Å²) in [6, 6.07) is 0. The quantitative estimate of drug-likeness (QED) is 0.210. The zero-order chi connectivity index (χ0) is 15.6. The van der Waals surface area contributed by atoms with Crippen LogP contribution in [0, 0.1) is 10.1 Å². The van der Waals surface area contributed by atoms with E-state index >= 15 is 0 Å². The molecule has 0 aromatic heterocycles. The van der Waals surface area contributed by atoms with Crippen molar-refractivity contribution in [1.29, 1.82) is 0 Å². The highest BCUT2D eigenvalue weighted by Gasteiger charge is 2.50. The number of nitro groups is 1. The van der Waals surface area contributed by atoms with Crippen molar-refractivity contribution in [2.24, 2.45) is 0 Å². The molecule has 0 saturated carbocycles. The minimum atomic E-state index is -1.96. The van der Waals surface area contributed by atoms with Crippen LogP contribution in [0.5, 0.6) is 0 Å². The number of nitrogens with zero attached hydrogens (tertiary/aromatic N) is 1. The second-order valence-electron chi connectivity index (χ2n) is 3.86. The highest BCUT2D eigenvalue weighted by Crippen LogP contribution is 2.23. The zero-order valence-corrected chi connectivity index (χ0v) is 11.7. The van der Waals surface area contributed by atoms with Crippen molar-refractivity contribution in [3.63, 3.8) is 0 Å². The summed E-state index contributed by atoms with van der Waals surface area (Å²) in [5.74, 6) is -1.56. The topological polar surface area (TPSA) is 95.7 Å². The predicted molar refractivity (Wildman–Crippen MR) is 71.6 cm³/mol. The van der Waals surface area contributed by atoms with Crippen LogP contribution in [0.25, 0.3) is 0 Å². The number of carbonyl (C=O) groups excluding carboxylic acids is 2. The Bertz CT molecular complexity index is 404. The molecule has 0 aliphatic carbocycles. The molecule has 0 amide bonds. The normalized spacial score (nSPS) is 13.5. The van der Waals surface area contributed by atoms with Crippen LogP contribution in [0.15, 0.2) is 24.8 Å². The Morgan fingerprint density at radius 2 is 1.85 bits per heavy atom. The molecule has 1 atom stereocenters. The summed E-state index contributed by atoms with van der Waals surface area (Å²) in [6.07, 6.45) is 3.11. The summed E-state index contributed by atoms with van der Waals surface area (Å²) in [5, 5.41) is 11.2. The number of hydrogen-bond acceptors (Lipinski definition) is 6. The smallest absolute Gasteiger partial charge is 0.385 e. The number of carbonyl (C=O) groups is 2. The van der Waals surface area contributed by atoms with E-state index in [0.717, 1.165) is 6.08 Å². The van der Waals surface area contributed by atoms with Crippen LogP contribution in [-0.2, 0) is 19.1 Å². The maximum atomic E-state index is 11.8. The van der Waals surface area contributed by atoms with Crippen LogP contribution in [0.3, 0.4) is 0 Å². The van der Waals surface area contributed by atoms with Gasteiger partial charge in [-0.15, -0.1) is 6.58 Å². The van der Waals surface area contributed by atoms with Gasteiger partial charge in [-0.05, 0) is 13.8 Å². The van der Waals surface area contributed by atoms with Crippen LogP contribution in [0.2, 0.25) is 0 Å².